The minimum Gasteiger partial charge on any atom is -0.396 e. The number of nitrogens with two attached hydrogens (primary N) is 1. The number of sulfonamides is 1. The fraction of sp³-hybridized carbons (Fsp3) is 0.571. The summed E-state index contributed by atoms with van der Waals surface area (Å²) in [7, 11) is -3.50. The van der Waals surface area contributed by atoms with E-state index in [1.165, 1.54) is 4.31 Å². The molecule has 6 nitrogen and oxygen atoms in total. The van der Waals surface area contributed by atoms with Gasteiger partial charge in [0.2, 0.25) is 10.0 Å². The number of rotatable bonds is 4. The van der Waals surface area contributed by atoms with Crippen molar-refractivity contribution in [2.75, 3.05) is 25.1 Å². The molecule has 1 heterocycles. The Morgan fingerprint density at radius 1 is 1.29 bits per heavy atom. The molecule has 7 heteroatoms. The second kappa shape index (κ2) is 6.31. The van der Waals surface area contributed by atoms with Crippen LogP contribution in [0.3, 0.4) is 0 Å². The summed E-state index contributed by atoms with van der Waals surface area (Å²) < 4.78 is 27.2. The normalized spacial score (nSPS) is 17.9. The summed E-state index contributed by atoms with van der Waals surface area (Å²) >= 11 is 0. The first kappa shape index (κ1) is 16.2. The lowest BCUT2D eigenvalue weighted by Gasteiger charge is -2.31. The van der Waals surface area contributed by atoms with Crippen LogP contribution in [-0.2, 0) is 10.0 Å². The van der Waals surface area contributed by atoms with Gasteiger partial charge in [-0.05, 0) is 55.9 Å². The summed E-state index contributed by atoms with van der Waals surface area (Å²) in [5.74, 6) is 5.60. The molecule has 0 bridgehead atoms. The van der Waals surface area contributed by atoms with Crippen LogP contribution in [0.4, 0.5) is 5.69 Å². The number of hydrogen-bond donors (Lipinski definition) is 3. The van der Waals surface area contributed by atoms with Gasteiger partial charge >= 0.3 is 0 Å². The molecule has 1 aromatic carbocycles. The number of nitrogens with zero attached hydrogens (tertiary/aromatic N) is 1. The lowest BCUT2D eigenvalue weighted by molar-refractivity contribution is 0.170. The van der Waals surface area contributed by atoms with Crippen LogP contribution < -0.4 is 11.3 Å². The van der Waals surface area contributed by atoms with E-state index in [4.69, 9.17) is 10.9 Å². The lowest BCUT2D eigenvalue weighted by atomic mass is 10.00. The minimum absolute atomic E-state index is 0.128. The van der Waals surface area contributed by atoms with E-state index < -0.39 is 10.0 Å². The van der Waals surface area contributed by atoms with Gasteiger partial charge in [-0.15, -0.1) is 0 Å². The summed E-state index contributed by atoms with van der Waals surface area (Å²) in [5, 5.41) is 9.16. The largest absolute Gasteiger partial charge is 0.396 e. The van der Waals surface area contributed by atoms with Gasteiger partial charge in [0, 0.05) is 25.4 Å². The van der Waals surface area contributed by atoms with Crippen LogP contribution in [0, 0.1) is 19.8 Å². The molecule has 1 aliphatic heterocycles. The molecular formula is C14H23N3O3S. The van der Waals surface area contributed by atoms with Crippen molar-refractivity contribution in [1.82, 2.24) is 4.31 Å². The highest BCUT2D eigenvalue weighted by Crippen LogP contribution is 2.29. The predicted molar refractivity (Wildman–Crippen MR) is 82.3 cm³/mol. The number of hydrazine groups is 1. The van der Waals surface area contributed by atoms with Gasteiger partial charge in [-0.3, -0.25) is 5.84 Å². The van der Waals surface area contributed by atoms with Crippen molar-refractivity contribution in [1.29, 1.82) is 0 Å². The molecular weight excluding hydrogens is 290 g/mol. The molecule has 0 unspecified atom stereocenters. The van der Waals surface area contributed by atoms with Crippen LogP contribution in [0.2, 0.25) is 0 Å². The predicted octanol–water partition coefficient (Wildman–Crippen LogP) is 0.982. The maximum atomic E-state index is 12.8. The van der Waals surface area contributed by atoms with Crippen molar-refractivity contribution in [2.24, 2.45) is 11.8 Å². The minimum atomic E-state index is -3.50. The summed E-state index contributed by atoms with van der Waals surface area (Å²) in [6, 6.07) is 3.47. The average molecular weight is 313 g/mol. The highest BCUT2D eigenvalue weighted by Gasteiger charge is 2.31. The molecule has 0 saturated carbocycles. The summed E-state index contributed by atoms with van der Waals surface area (Å²) in [6.45, 7) is 4.61. The third kappa shape index (κ3) is 3.21. The van der Waals surface area contributed by atoms with Gasteiger partial charge in [-0.1, -0.05) is 0 Å². The topological polar surface area (TPSA) is 95.7 Å². The number of anilines is 1. The Morgan fingerprint density at radius 2 is 1.81 bits per heavy atom. The number of benzene rings is 1. The molecule has 2 rings (SSSR count). The van der Waals surface area contributed by atoms with E-state index in [0.717, 1.165) is 0 Å². The zero-order valence-electron chi connectivity index (χ0n) is 12.5. The SMILES string of the molecule is Cc1cc(NN)cc(C)c1S(=O)(=O)N1CCC(CO)CC1. The standard InChI is InChI=1S/C14H23N3O3S/c1-10-7-13(16-15)8-11(2)14(10)21(19,20)17-5-3-12(9-18)4-6-17/h7-8,12,16,18H,3-6,9,15H2,1-2H3. The summed E-state index contributed by atoms with van der Waals surface area (Å²) in [6.07, 6.45) is 1.41. The Morgan fingerprint density at radius 3 is 2.24 bits per heavy atom. The van der Waals surface area contributed by atoms with Gasteiger partial charge in [0.25, 0.3) is 0 Å². The van der Waals surface area contributed by atoms with Gasteiger partial charge in [0.05, 0.1) is 4.90 Å². The van der Waals surface area contributed by atoms with Crippen molar-refractivity contribution in [3.8, 4) is 0 Å². The molecule has 1 saturated heterocycles. The fourth-order valence-electron chi connectivity index (χ4n) is 2.90. The quantitative estimate of drug-likeness (QED) is 0.569. The highest BCUT2D eigenvalue weighted by molar-refractivity contribution is 7.89. The molecule has 1 aliphatic rings. The molecule has 1 fully saturated rings. The zero-order valence-corrected chi connectivity index (χ0v) is 13.3. The second-order valence-electron chi connectivity index (χ2n) is 5.61. The van der Waals surface area contributed by atoms with E-state index in [2.05, 4.69) is 5.43 Å². The first-order chi connectivity index (χ1) is 9.90. The summed E-state index contributed by atoms with van der Waals surface area (Å²) in [4.78, 5) is 0.365. The average Bonchev–Trinajstić information content (AvgIpc) is 2.46. The van der Waals surface area contributed by atoms with Gasteiger partial charge in [0.15, 0.2) is 0 Å². The zero-order chi connectivity index (χ0) is 15.6. The molecule has 0 aromatic heterocycles. The monoisotopic (exact) mass is 313 g/mol. The van der Waals surface area contributed by atoms with Gasteiger partial charge in [-0.25, -0.2) is 8.42 Å². The van der Waals surface area contributed by atoms with Crippen molar-refractivity contribution in [3.05, 3.63) is 23.3 Å². The Kier molecular flexibility index (Phi) is 4.88. The number of nitrogens with one attached hydrogen (secondary N) is 1. The van der Waals surface area contributed by atoms with E-state index in [-0.39, 0.29) is 12.5 Å². The maximum absolute atomic E-state index is 12.8. The van der Waals surface area contributed by atoms with Crippen molar-refractivity contribution in [3.63, 3.8) is 0 Å². The first-order valence-corrected chi connectivity index (χ1v) is 8.53. The molecule has 21 heavy (non-hydrogen) atoms. The summed E-state index contributed by atoms with van der Waals surface area (Å²) in [5.41, 5.74) is 4.62. The van der Waals surface area contributed by atoms with E-state index in [9.17, 15) is 8.42 Å². The Balaban J connectivity index is 2.32. The number of aliphatic hydroxyl groups excluding tert-OH is 1. The Hall–Kier alpha value is -1.15. The van der Waals surface area contributed by atoms with Crippen molar-refractivity contribution in [2.45, 2.75) is 31.6 Å². The van der Waals surface area contributed by atoms with Crippen LogP contribution >= 0.6 is 0 Å². The Labute approximate surface area is 126 Å². The van der Waals surface area contributed by atoms with E-state index >= 15 is 0 Å². The van der Waals surface area contributed by atoms with Crippen LogP contribution in [0.1, 0.15) is 24.0 Å². The van der Waals surface area contributed by atoms with Crippen molar-refractivity contribution < 1.29 is 13.5 Å². The number of aliphatic hydroxyl groups is 1. The van der Waals surface area contributed by atoms with Crippen LogP contribution in [0.25, 0.3) is 0 Å². The molecule has 0 aliphatic carbocycles. The second-order valence-corrected chi connectivity index (χ2v) is 7.49. The molecule has 0 atom stereocenters. The van der Waals surface area contributed by atoms with Crippen molar-refractivity contribution >= 4 is 15.7 Å². The fourth-order valence-corrected chi connectivity index (χ4v) is 4.78. The smallest absolute Gasteiger partial charge is 0.243 e. The van der Waals surface area contributed by atoms with Crippen LogP contribution in [0.5, 0.6) is 0 Å². The maximum Gasteiger partial charge on any atom is 0.243 e. The Bertz CT molecular complexity index is 585. The van der Waals surface area contributed by atoms with Gasteiger partial charge in [-0.2, -0.15) is 4.31 Å². The van der Waals surface area contributed by atoms with Gasteiger partial charge < -0.3 is 10.5 Å². The number of aryl methyl sites for hydroxylation is 2. The first-order valence-electron chi connectivity index (χ1n) is 7.09. The van der Waals surface area contributed by atoms with E-state index in [1.54, 1.807) is 26.0 Å². The van der Waals surface area contributed by atoms with E-state index in [1.807, 2.05) is 0 Å². The molecule has 0 amide bonds. The molecule has 0 spiro atoms. The van der Waals surface area contributed by atoms with E-state index in [0.29, 0.717) is 47.6 Å². The number of hydrogen-bond acceptors (Lipinski definition) is 5. The molecule has 0 radical (unpaired) electrons. The third-order valence-electron chi connectivity index (χ3n) is 4.06. The molecule has 4 N–H and O–H groups in total. The van der Waals surface area contributed by atoms with Crippen LogP contribution in [-0.4, -0.2) is 37.5 Å². The number of piperidine rings is 1. The lowest BCUT2D eigenvalue weighted by Crippen LogP contribution is -2.39. The third-order valence-corrected chi connectivity index (χ3v) is 6.26. The van der Waals surface area contributed by atoms with Gasteiger partial charge in [0.1, 0.15) is 0 Å². The van der Waals surface area contributed by atoms with Crippen LogP contribution in [0.15, 0.2) is 17.0 Å². The molecule has 118 valence electrons. The highest BCUT2D eigenvalue weighted by atomic mass is 32.2. The number of nitrogen functional groups attached to an aromatic ring is 1. The molecule has 1 aromatic rings.